The Labute approximate surface area is 316 Å². The second kappa shape index (κ2) is 14.4. The molecule has 3 aromatic rings. The minimum Gasteiger partial charge on any atom is -0.490 e. The van der Waals surface area contributed by atoms with Gasteiger partial charge in [-0.15, -0.1) is 9.46 Å². The SMILES string of the molecule is COc1nn(C)cc1C(=O)NS1(=O)=NC(=O)c2ccc3c(c2)N(C[C@@H]2CC[C@H]2[C@H](OC)/C=C\[C@@](C)(O)[C@H](C)C1)C[C@@]1(CCCc2cc(Cl)ccc21)CO3. The van der Waals surface area contributed by atoms with E-state index in [1.54, 1.807) is 52.3 Å². The van der Waals surface area contributed by atoms with Gasteiger partial charge >= 0.3 is 0 Å². The summed E-state index contributed by atoms with van der Waals surface area (Å²) in [4.78, 5) is 30.0. The number of rotatable bonds is 4. The van der Waals surface area contributed by atoms with E-state index in [0.717, 1.165) is 37.8 Å². The number of nitrogens with one attached hydrogen (secondary N) is 1. The van der Waals surface area contributed by atoms with Crippen LogP contribution in [0.2, 0.25) is 5.02 Å². The van der Waals surface area contributed by atoms with Gasteiger partial charge in [-0.2, -0.15) is 0 Å². The van der Waals surface area contributed by atoms with Gasteiger partial charge in [0.1, 0.15) is 21.2 Å². The lowest BCUT2D eigenvalue weighted by atomic mass is 9.68. The topological polar surface area (TPSA) is 145 Å². The fourth-order valence-corrected chi connectivity index (χ4v) is 10.6. The molecule has 2 aliphatic heterocycles. The molecule has 0 radical (unpaired) electrons. The number of benzene rings is 2. The third-order valence-electron chi connectivity index (χ3n) is 11.7. The first-order valence-corrected chi connectivity index (χ1v) is 20.2. The molecule has 284 valence electrons. The zero-order valence-corrected chi connectivity index (χ0v) is 32.4. The summed E-state index contributed by atoms with van der Waals surface area (Å²) < 4.78 is 40.8. The normalized spacial score (nSPS) is 31.9. The van der Waals surface area contributed by atoms with E-state index in [1.165, 1.54) is 29.1 Å². The number of hydrogen-bond donors (Lipinski definition) is 2. The molecule has 2 aromatic carbocycles. The largest absolute Gasteiger partial charge is 0.490 e. The van der Waals surface area contributed by atoms with Crippen molar-refractivity contribution in [3.05, 3.63) is 82.0 Å². The van der Waals surface area contributed by atoms with Gasteiger partial charge in [-0.3, -0.25) is 19.0 Å². The number of anilines is 1. The van der Waals surface area contributed by atoms with Gasteiger partial charge in [0.05, 0.1) is 36.9 Å². The van der Waals surface area contributed by atoms with Crippen molar-refractivity contribution in [2.45, 2.75) is 63.1 Å². The van der Waals surface area contributed by atoms with E-state index in [4.69, 9.17) is 25.8 Å². The number of halogens is 1. The van der Waals surface area contributed by atoms with E-state index in [9.17, 15) is 18.9 Å². The van der Waals surface area contributed by atoms with Crippen LogP contribution in [0.1, 0.15) is 71.4 Å². The minimum absolute atomic E-state index is 0.0303. The van der Waals surface area contributed by atoms with Crippen LogP contribution in [0.25, 0.3) is 0 Å². The number of aryl methyl sites for hydroxylation is 2. The van der Waals surface area contributed by atoms with E-state index >= 15 is 0 Å². The monoisotopic (exact) mass is 765 g/mol. The Kier molecular flexibility index (Phi) is 10.2. The molecule has 1 unspecified atom stereocenters. The molecular weight excluding hydrogens is 718 g/mol. The molecule has 2 N–H and O–H groups in total. The molecule has 1 saturated carbocycles. The van der Waals surface area contributed by atoms with Crippen molar-refractivity contribution in [3.63, 3.8) is 0 Å². The predicted octanol–water partition coefficient (Wildman–Crippen LogP) is 5.51. The molecule has 0 saturated heterocycles. The predicted molar refractivity (Wildman–Crippen MR) is 203 cm³/mol. The Hall–Kier alpha value is -3.91. The number of amides is 2. The minimum atomic E-state index is -3.82. The lowest BCUT2D eigenvalue weighted by molar-refractivity contribution is 0.0101. The Morgan fingerprint density at radius 2 is 2.00 bits per heavy atom. The molecule has 14 heteroatoms. The molecule has 12 nitrogen and oxygen atoms in total. The number of ether oxygens (including phenoxy) is 3. The molecule has 3 heterocycles. The van der Waals surface area contributed by atoms with E-state index < -0.39 is 33.2 Å². The highest BCUT2D eigenvalue weighted by molar-refractivity contribution is 7.92. The number of nitrogens with zero attached hydrogens (tertiary/aromatic N) is 4. The Morgan fingerprint density at radius 1 is 1.19 bits per heavy atom. The molecule has 7 rings (SSSR count). The third kappa shape index (κ3) is 7.33. The van der Waals surface area contributed by atoms with Crippen LogP contribution in [-0.4, -0.2) is 82.3 Å². The van der Waals surface area contributed by atoms with Crippen LogP contribution in [-0.2, 0) is 33.5 Å². The van der Waals surface area contributed by atoms with Gasteiger partial charge in [-0.1, -0.05) is 36.7 Å². The summed E-state index contributed by atoms with van der Waals surface area (Å²) in [6, 6.07) is 11.3. The fourth-order valence-electron chi connectivity index (χ4n) is 8.40. The quantitative estimate of drug-likeness (QED) is 0.329. The van der Waals surface area contributed by atoms with Crippen molar-refractivity contribution in [2.24, 2.45) is 29.2 Å². The molecule has 1 aromatic heterocycles. The highest BCUT2D eigenvalue weighted by atomic mass is 35.5. The standard InChI is InChI=1S/C39H48ClN5O7S/c1-24-21-53(49,43-36(47)30-20-44(3)41-37(30)51-5)42-35(46)26-9-13-34-32(18-26)45(19-27-8-11-29(27)33(50-4)14-16-38(24,2)48)22-39(23-52-34)15-6-7-25-17-28(40)10-12-31(25)39/h9-10,12-14,16-18,20,24,27,29,33,48H,6-8,11,15,19,21-23H2,1-5H3,(H,42,43,46,47,49)/b16-14-/t24-,27+,29-,33-,38-,39+,53?/m1/s1. The number of methoxy groups -OCH3 is 2. The Bertz CT molecular complexity index is 2070. The first-order chi connectivity index (χ1) is 25.2. The van der Waals surface area contributed by atoms with Crippen molar-refractivity contribution >= 4 is 39.0 Å². The number of carbonyl (C=O) groups excluding carboxylic acids is 2. The second-order valence-corrected chi connectivity index (χ2v) is 17.8. The zero-order valence-electron chi connectivity index (χ0n) is 30.8. The Morgan fingerprint density at radius 3 is 2.74 bits per heavy atom. The van der Waals surface area contributed by atoms with E-state index in [1.807, 2.05) is 12.1 Å². The van der Waals surface area contributed by atoms with Crippen molar-refractivity contribution in [3.8, 4) is 11.6 Å². The highest BCUT2D eigenvalue weighted by Gasteiger charge is 2.45. The van der Waals surface area contributed by atoms with Gasteiger partial charge in [-0.05, 0) is 92.3 Å². The van der Waals surface area contributed by atoms with E-state index in [-0.39, 0.29) is 46.1 Å². The maximum Gasteiger partial charge on any atom is 0.286 e. The van der Waals surface area contributed by atoms with Crippen molar-refractivity contribution < 1.29 is 33.1 Å². The van der Waals surface area contributed by atoms with Crippen LogP contribution < -0.4 is 19.1 Å². The van der Waals surface area contributed by atoms with Crippen LogP contribution >= 0.6 is 11.6 Å². The molecule has 7 atom stereocenters. The first-order valence-electron chi connectivity index (χ1n) is 18.2. The summed E-state index contributed by atoms with van der Waals surface area (Å²) in [5, 5.41) is 16.5. The van der Waals surface area contributed by atoms with Crippen molar-refractivity contribution in [1.29, 1.82) is 0 Å². The van der Waals surface area contributed by atoms with Gasteiger partial charge < -0.3 is 24.2 Å². The summed E-state index contributed by atoms with van der Waals surface area (Å²) in [5.74, 6) is -1.41. The van der Waals surface area contributed by atoms with Crippen LogP contribution in [0.3, 0.4) is 0 Å². The van der Waals surface area contributed by atoms with Gasteiger partial charge in [0.25, 0.3) is 11.8 Å². The number of aromatic nitrogens is 2. The molecule has 2 bridgehead atoms. The number of fused-ring (bicyclic) bond motifs is 4. The van der Waals surface area contributed by atoms with Gasteiger partial charge in [0.15, 0.2) is 0 Å². The summed E-state index contributed by atoms with van der Waals surface area (Å²) in [7, 11) is 0.856. The number of carbonyl (C=O) groups is 2. The molecule has 1 spiro atoms. The average molecular weight is 766 g/mol. The molecular formula is C39H48ClN5O7S. The molecule has 2 aliphatic carbocycles. The van der Waals surface area contributed by atoms with Crippen molar-refractivity contribution in [2.75, 3.05) is 44.6 Å². The fraction of sp³-hybridized carbons (Fsp3) is 0.513. The van der Waals surface area contributed by atoms with E-state index in [0.29, 0.717) is 30.5 Å². The zero-order chi connectivity index (χ0) is 37.7. The number of hydrogen-bond acceptors (Lipinski definition) is 9. The summed E-state index contributed by atoms with van der Waals surface area (Å²) in [5.41, 5.74) is 1.67. The highest BCUT2D eigenvalue weighted by Crippen LogP contribution is 2.47. The summed E-state index contributed by atoms with van der Waals surface area (Å²) in [6.07, 6.45) is 9.58. The third-order valence-corrected chi connectivity index (χ3v) is 13.9. The Balaban J connectivity index is 1.33. The second-order valence-electron chi connectivity index (χ2n) is 15.3. The first kappa shape index (κ1) is 37.4. The molecule has 2 amide bonds. The van der Waals surface area contributed by atoms with Crippen LogP contribution in [0, 0.1) is 17.8 Å². The maximum atomic E-state index is 14.7. The maximum absolute atomic E-state index is 14.7. The van der Waals surface area contributed by atoms with Gasteiger partial charge in [-0.25, -0.2) is 4.21 Å². The van der Waals surface area contributed by atoms with Gasteiger partial charge in [0, 0.05) is 55.4 Å². The van der Waals surface area contributed by atoms with Crippen LogP contribution in [0.4, 0.5) is 5.69 Å². The number of aliphatic hydroxyl groups is 1. The molecule has 1 fully saturated rings. The lowest BCUT2D eigenvalue weighted by Crippen LogP contribution is -2.49. The summed E-state index contributed by atoms with van der Waals surface area (Å²) in [6.45, 7) is 5.15. The molecule has 53 heavy (non-hydrogen) atoms. The van der Waals surface area contributed by atoms with Crippen LogP contribution in [0.5, 0.6) is 11.6 Å². The smallest absolute Gasteiger partial charge is 0.286 e. The van der Waals surface area contributed by atoms with Gasteiger partial charge in [0.2, 0.25) is 5.88 Å². The average Bonchev–Trinajstić information content (AvgIpc) is 3.43. The lowest BCUT2D eigenvalue weighted by Gasteiger charge is -2.46. The summed E-state index contributed by atoms with van der Waals surface area (Å²) >= 11 is 6.46. The van der Waals surface area contributed by atoms with Crippen LogP contribution in [0.15, 0.2) is 59.1 Å². The van der Waals surface area contributed by atoms with E-state index in [2.05, 4.69) is 31.2 Å². The molecule has 4 aliphatic rings. The van der Waals surface area contributed by atoms with Crippen molar-refractivity contribution in [1.82, 2.24) is 14.5 Å².